The molecule has 19 heteroatoms. The van der Waals surface area contributed by atoms with Gasteiger partial charge in [0.05, 0.1) is 62.5 Å². The summed E-state index contributed by atoms with van der Waals surface area (Å²) in [6.45, 7) is 2.03. The van der Waals surface area contributed by atoms with E-state index < -0.39 is 15.9 Å². The van der Waals surface area contributed by atoms with Crippen molar-refractivity contribution in [2.24, 2.45) is 0 Å². The summed E-state index contributed by atoms with van der Waals surface area (Å²) in [5.41, 5.74) is 26.5. The Kier molecular flexibility index (Phi) is 25.6. The van der Waals surface area contributed by atoms with Gasteiger partial charge in [-0.3, -0.25) is 10.1 Å². The quantitative estimate of drug-likeness (QED) is 0.0804. The van der Waals surface area contributed by atoms with Crippen molar-refractivity contribution in [2.75, 3.05) is 9.80 Å². The first kappa shape index (κ1) is 91.1. The third kappa shape index (κ3) is 18.1. The van der Waals surface area contributed by atoms with Crippen molar-refractivity contribution in [3.8, 4) is 90.7 Å². The summed E-state index contributed by atoms with van der Waals surface area (Å²) in [5.74, 6) is 3.82. The van der Waals surface area contributed by atoms with Gasteiger partial charge in [0.15, 0.2) is 1.41 Å². The molecule has 0 spiro atoms. The number of pyridine rings is 1. The molecule has 700 valence electrons. The predicted molar refractivity (Wildman–Crippen MR) is 602 cm³/mol. The smallest absolute Gasteiger partial charge is 0.616 e. The third-order valence-corrected chi connectivity index (χ3v) is 27.4. The van der Waals surface area contributed by atoms with Crippen molar-refractivity contribution < 1.29 is 26.1 Å². The van der Waals surface area contributed by atoms with Crippen LogP contribution in [0.1, 0.15) is 5.56 Å². The molecule has 2 aliphatic heterocycles. The largest absolute Gasteiger partial charge is 2.00 e. The van der Waals surface area contributed by atoms with Crippen LogP contribution in [-0.4, -0.2) is 59.9 Å². The van der Waals surface area contributed by atoms with Crippen molar-refractivity contribution in [3.05, 3.63) is 503 Å². The fraction of sp³-hybridized carbons (Fsp3) is 0.00781. The van der Waals surface area contributed by atoms with Crippen LogP contribution in [0.25, 0.3) is 199 Å². The summed E-state index contributed by atoms with van der Waals surface area (Å²) in [5, 5.41) is 17.2. The van der Waals surface area contributed by atoms with Crippen LogP contribution < -0.4 is 27.3 Å². The maximum atomic E-state index is 5.97. The number of aromatic nitrogens is 11. The van der Waals surface area contributed by atoms with Gasteiger partial charge < -0.3 is 56.4 Å². The van der Waals surface area contributed by atoms with Crippen molar-refractivity contribution >= 4 is 179 Å². The Morgan fingerprint density at radius 3 is 0.986 bits per heavy atom. The molecular weight excluding hydrogens is 1890 g/mol. The molecule has 6 aromatic heterocycles. The van der Waals surface area contributed by atoms with Crippen LogP contribution >= 0.6 is 9.03 Å². The zero-order chi connectivity index (χ0) is 98.5. The van der Waals surface area contributed by atoms with E-state index in [9.17, 15) is 0 Å². The van der Waals surface area contributed by atoms with Crippen LogP contribution in [-0.2, 0) is 17.1 Å². The first-order valence-corrected chi connectivity index (χ1v) is 49.6. The van der Waals surface area contributed by atoms with Crippen molar-refractivity contribution in [3.63, 3.8) is 0 Å². The van der Waals surface area contributed by atoms with E-state index in [1.54, 1.807) is 6.20 Å². The standard InChI is InChI=1S/C44H32N2.C32H16N8.C30H20N2.C12H10O.C10H9NO.Al.Cu.H2NP/c1-3-17-37(18-4-1)45(43-23-11-15-35-13-7-9-21-41(35)43)39-29-25-33(26-30-39)34-27-31-40(32-28-34)46(38-19-5-2-6-20-38)44-24-12-16-36-14-8-10-22-42(36)44;1-2-10-18-17(9-1)25-33-26(18)38-28-21-13-5-6-14-22(21)30(35-28)40-32-24-16-8-7-15-23(24)31(36-32)39-29-20-12-4-3-11-19(20)27(34-29)37-25;1-5-16-27-23(12-1)24-13-2-6-17-28(24)31(27)21-10-9-11-22(20-21)32-29-18-7-3-14-25(29)26-15-4-8-19-30(26)32;13-12-8-6-11(7-9-12)10-4-2-1-3-5-10;1-7-4-5-8-3-2-6-11-9(8)10(7)12;;;1-2/h1-32H;1-16H;1-20H;1-9,13H;2-6,12H,1H3;;;1-2H/q;-2;;;;2*+2;/p-2/i/hD. The Balaban J connectivity index is 0.000000109. The summed E-state index contributed by atoms with van der Waals surface area (Å²) in [7, 11) is 2.48. The molecule has 2 radical (unpaired) electrons. The van der Waals surface area contributed by atoms with E-state index in [-0.39, 0.29) is 17.1 Å². The van der Waals surface area contributed by atoms with Gasteiger partial charge in [0.2, 0.25) is 0 Å². The Morgan fingerprint density at radius 1 is 0.286 bits per heavy atom. The van der Waals surface area contributed by atoms with Crippen molar-refractivity contribution in [1.82, 2.24) is 54.0 Å². The monoisotopic (exact) mass is 1970 g/mol. The number of fused-ring (bicyclic) bond motifs is 29. The number of hydrogen-bond donors (Lipinski definition) is 1. The Hall–Kier alpha value is -18.4. The number of benzene rings is 20. The molecule has 2 aliphatic rings. The summed E-state index contributed by atoms with van der Waals surface area (Å²) in [4.78, 5) is 48.4. The Labute approximate surface area is 868 Å². The van der Waals surface area contributed by atoms with Gasteiger partial charge in [-0.1, -0.05) is 370 Å². The molecule has 0 atom stereocenters. The van der Waals surface area contributed by atoms with Gasteiger partial charge in [-0.15, -0.1) is 0 Å². The van der Waals surface area contributed by atoms with Gasteiger partial charge in [-0.25, -0.2) is 9.97 Å². The molecule has 20 aromatic carbocycles. The SMILES string of the molecule is Cc1ccc2cccnc2c1[O][Al][O]c1ccc(-c2ccccc2)cc1.[2H]N=P.[Cu+2].c1cc(-n2c3ccccc3c3ccccc32)cc(-n2c3ccccc3c3ccccc32)c1.c1ccc(N(c2ccc(-c3ccc(N(c4ccccc4)c4cccc5ccccc45)cc3)cc2)c2cccc3ccccc23)cc1.c1ccc2c(c1)-c1nc-2nc2[n-]c(nc3nc(nc4[n-]c(n1)c1ccccc41)-c1ccccc1-3)c1ccccc21. The van der Waals surface area contributed by atoms with Crippen LogP contribution in [0.4, 0.5) is 34.1 Å². The van der Waals surface area contributed by atoms with Gasteiger partial charge in [0, 0.05) is 123 Å². The number of para-hydroxylation sites is 6. The molecule has 0 saturated carbocycles. The van der Waals surface area contributed by atoms with E-state index in [4.69, 9.17) is 48.9 Å². The summed E-state index contributed by atoms with van der Waals surface area (Å²) in [6, 6.07) is 171. The minimum Gasteiger partial charge on any atom is -0.616 e. The molecule has 0 amide bonds. The summed E-state index contributed by atoms with van der Waals surface area (Å²) in [6.07, 6.45) is 1.78. The zero-order valence-corrected chi connectivity index (χ0v) is 82.4. The van der Waals surface area contributed by atoms with Crippen molar-refractivity contribution in [2.45, 2.75) is 6.92 Å². The molecule has 16 nitrogen and oxygen atoms in total. The number of rotatable bonds is 14. The number of nitrogens with zero attached hydrogens (tertiary/aromatic N) is 13. The fourth-order valence-electron chi connectivity index (χ4n) is 19.9. The second kappa shape index (κ2) is 41.3. The minimum atomic E-state index is -0.670. The normalized spacial score (nSPS) is 11.2. The fourth-order valence-corrected chi connectivity index (χ4v) is 20.6. The molecule has 8 bridgehead atoms. The average molecular weight is 1980 g/mol. The maximum absolute atomic E-state index is 5.97. The van der Waals surface area contributed by atoms with Gasteiger partial charge in [-0.2, -0.15) is 0 Å². The molecule has 8 heterocycles. The van der Waals surface area contributed by atoms with Gasteiger partial charge in [-0.05, 0) is 197 Å². The van der Waals surface area contributed by atoms with E-state index >= 15 is 0 Å². The molecule has 0 fully saturated rings. The second-order valence-electron chi connectivity index (χ2n) is 35.4. The first-order chi connectivity index (χ1) is 72.8. The van der Waals surface area contributed by atoms with E-state index in [1.807, 2.05) is 153 Å². The predicted octanol–water partition coefficient (Wildman–Crippen LogP) is 32.7. The molecule has 147 heavy (non-hydrogen) atoms. The van der Waals surface area contributed by atoms with Crippen LogP contribution in [0.5, 0.6) is 11.5 Å². The van der Waals surface area contributed by atoms with Crippen molar-refractivity contribution in [1.29, 1.82) is 5.15 Å². The van der Waals surface area contributed by atoms with Crippen LogP contribution in [0.2, 0.25) is 1.41 Å². The minimum absolute atomic E-state index is 0. The first-order valence-electron chi connectivity index (χ1n) is 48.7. The number of hydrogen-bond acceptors (Lipinski definition) is 12. The Morgan fingerprint density at radius 2 is 0.592 bits per heavy atom. The van der Waals surface area contributed by atoms with E-state index in [2.05, 4.69) is 384 Å². The third-order valence-electron chi connectivity index (χ3n) is 26.7. The number of nitrogens with one attached hydrogen (secondary N) is 1. The molecule has 1 N–H and O–H groups in total. The molecule has 0 saturated heterocycles. The molecule has 0 aliphatic carbocycles. The average Bonchev–Trinajstić information content (AvgIpc) is 1.16. The molecule has 26 aromatic rings. The van der Waals surface area contributed by atoms with Crippen LogP contribution in [0, 0.1) is 12.1 Å². The van der Waals surface area contributed by atoms with E-state index in [0.29, 0.717) is 45.9 Å². The molecule has 28 rings (SSSR count). The number of aryl methyl sites for hydroxylation is 1. The van der Waals surface area contributed by atoms with Crippen LogP contribution in [0.3, 0.4) is 0 Å². The van der Waals surface area contributed by atoms with Gasteiger partial charge >= 0.3 is 33.0 Å². The molecular formula is C128H87AlCuN14O2P. The number of anilines is 6. The zero-order valence-electron chi connectivity index (χ0n) is 80.3. The van der Waals surface area contributed by atoms with E-state index in [0.717, 1.165) is 106 Å². The van der Waals surface area contributed by atoms with Gasteiger partial charge in [0.1, 0.15) is 11.3 Å². The van der Waals surface area contributed by atoms with E-state index in [1.165, 1.54) is 98.8 Å². The maximum Gasteiger partial charge on any atom is 2.00 e. The second-order valence-corrected chi connectivity index (χ2v) is 36.0. The van der Waals surface area contributed by atoms with Gasteiger partial charge in [0.25, 0.3) is 0 Å². The topological polar surface area (TPSA) is 177 Å². The molecule has 0 unspecified atom stereocenters. The summed E-state index contributed by atoms with van der Waals surface area (Å²) < 4.78 is 22.3. The summed E-state index contributed by atoms with van der Waals surface area (Å²) >= 11 is -0.670. The Bertz CT molecular complexity index is 8910. The van der Waals surface area contributed by atoms with Crippen LogP contribution in [0.15, 0.2) is 498 Å².